The van der Waals surface area contributed by atoms with E-state index in [0.717, 1.165) is 0 Å². The molecule has 1 aliphatic heterocycles. The molecule has 2 atom stereocenters. The molecule has 1 fully saturated rings. The first-order valence-corrected chi connectivity index (χ1v) is 7.95. The van der Waals surface area contributed by atoms with E-state index in [1.54, 1.807) is 48.5 Å². The summed E-state index contributed by atoms with van der Waals surface area (Å²) in [5.41, 5.74) is 0.435. The highest BCUT2D eigenvalue weighted by molar-refractivity contribution is 5.90. The third-order valence-electron chi connectivity index (χ3n) is 3.88. The Morgan fingerprint density at radius 2 is 1.50 bits per heavy atom. The van der Waals surface area contributed by atoms with Crippen LogP contribution in [0.25, 0.3) is 0 Å². The van der Waals surface area contributed by atoms with Crippen LogP contribution in [0.4, 0.5) is 8.78 Å². The molecule has 0 aliphatic carbocycles. The topological polar surface area (TPSA) is 61.8 Å². The Morgan fingerprint density at radius 3 is 2.08 bits per heavy atom. The van der Waals surface area contributed by atoms with Gasteiger partial charge in [-0.2, -0.15) is 8.78 Å². The van der Waals surface area contributed by atoms with Crippen LogP contribution < -0.4 is 0 Å². The number of ether oxygens (including phenoxy) is 3. The van der Waals surface area contributed by atoms with Crippen molar-refractivity contribution in [3.8, 4) is 0 Å². The second-order valence-electron chi connectivity index (χ2n) is 5.77. The molecular weight excluding hydrogens is 346 g/mol. The zero-order valence-corrected chi connectivity index (χ0v) is 13.6. The highest BCUT2D eigenvalue weighted by Gasteiger charge is 2.54. The Morgan fingerprint density at radius 1 is 0.962 bits per heavy atom. The van der Waals surface area contributed by atoms with Crippen molar-refractivity contribution in [2.45, 2.75) is 18.1 Å². The molecule has 1 aliphatic rings. The molecule has 2 aromatic carbocycles. The third kappa shape index (κ3) is 4.05. The van der Waals surface area contributed by atoms with Gasteiger partial charge in [0, 0.05) is 0 Å². The molecule has 2 aromatic rings. The number of hydrogen-bond acceptors (Lipinski definition) is 5. The highest BCUT2D eigenvalue weighted by atomic mass is 19.3. The lowest BCUT2D eigenvalue weighted by Gasteiger charge is -2.22. The molecule has 0 aromatic heterocycles. The van der Waals surface area contributed by atoms with Crippen molar-refractivity contribution < 1.29 is 32.6 Å². The Balaban J connectivity index is 1.64. The SMILES string of the molecule is O=C(OC[C@H]1OCC(F)(F)[C@H]1OC(=O)c1ccccc1)c1ccccc1. The van der Waals surface area contributed by atoms with Crippen molar-refractivity contribution in [1.29, 1.82) is 0 Å². The van der Waals surface area contributed by atoms with E-state index in [9.17, 15) is 18.4 Å². The first-order valence-electron chi connectivity index (χ1n) is 7.95. The summed E-state index contributed by atoms with van der Waals surface area (Å²) in [6.07, 6.45) is -3.08. The molecule has 0 N–H and O–H groups in total. The second kappa shape index (κ2) is 7.61. The molecule has 0 unspecified atom stereocenters. The maximum atomic E-state index is 14.0. The summed E-state index contributed by atoms with van der Waals surface area (Å²) in [6.45, 7) is -1.36. The molecular formula is C19H16F2O5. The molecule has 136 valence electrons. The lowest BCUT2D eigenvalue weighted by Crippen LogP contribution is -2.42. The van der Waals surface area contributed by atoms with Crippen LogP contribution in [0.5, 0.6) is 0 Å². The second-order valence-corrected chi connectivity index (χ2v) is 5.77. The number of esters is 2. The van der Waals surface area contributed by atoms with Crippen molar-refractivity contribution in [2.24, 2.45) is 0 Å². The van der Waals surface area contributed by atoms with Crippen molar-refractivity contribution in [1.82, 2.24) is 0 Å². The van der Waals surface area contributed by atoms with E-state index in [4.69, 9.17) is 14.2 Å². The van der Waals surface area contributed by atoms with Crippen LogP contribution in [0, 0.1) is 0 Å². The van der Waals surface area contributed by atoms with E-state index in [1.165, 1.54) is 12.1 Å². The lowest BCUT2D eigenvalue weighted by molar-refractivity contribution is -0.0948. The van der Waals surface area contributed by atoms with Crippen molar-refractivity contribution in [3.63, 3.8) is 0 Å². The summed E-state index contributed by atoms with van der Waals surface area (Å²) in [7, 11) is 0. The van der Waals surface area contributed by atoms with Gasteiger partial charge in [-0.05, 0) is 24.3 Å². The van der Waals surface area contributed by atoms with Gasteiger partial charge in [0.1, 0.15) is 19.3 Å². The van der Waals surface area contributed by atoms with E-state index in [-0.39, 0.29) is 11.1 Å². The van der Waals surface area contributed by atoms with E-state index in [0.29, 0.717) is 0 Å². The molecule has 1 saturated heterocycles. The number of hydrogen-bond donors (Lipinski definition) is 0. The average molecular weight is 362 g/mol. The summed E-state index contributed by atoms with van der Waals surface area (Å²) in [6, 6.07) is 15.9. The first kappa shape index (κ1) is 18.0. The third-order valence-corrected chi connectivity index (χ3v) is 3.88. The smallest absolute Gasteiger partial charge is 0.338 e. The minimum Gasteiger partial charge on any atom is -0.459 e. The summed E-state index contributed by atoms with van der Waals surface area (Å²) in [4.78, 5) is 24.0. The molecule has 0 amide bonds. The van der Waals surface area contributed by atoms with Gasteiger partial charge in [0.25, 0.3) is 0 Å². The first-order chi connectivity index (χ1) is 12.5. The van der Waals surface area contributed by atoms with Gasteiger partial charge in [-0.15, -0.1) is 0 Å². The van der Waals surface area contributed by atoms with Gasteiger partial charge in [-0.1, -0.05) is 36.4 Å². The number of rotatable bonds is 5. The predicted octanol–water partition coefficient (Wildman–Crippen LogP) is 3.10. The number of carbonyl (C=O) groups is 2. The van der Waals surface area contributed by atoms with Crippen LogP contribution >= 0.6 is 0 Å². The Labute approximate surface area is 148 Å². The van der Waals surface area contributed by atoms with E-state index < -0.39 is 43.3 Å². The standard InChI is InChI=1S/C19H16F2O5/c20-19(21)12-25-15(11-24-17(22)13-7-3-1-4-8-13)16(19)26-18(23)14-9-5-2-6-10-14/h1-10,15-16H,11-12H2/t15-,16+/m1/s1. The fourth-order valence-electron chi connectivity index (χ4n) is 2.53. The van der Waals surface area contributed by atoms with Gasteiger partial charge < -0.3 is 14.2 Å². The average Bonchev–Trinajstić information content (AvgIpc) is 2.95. The maximum absolute atomic E-state index is 14.0. The Kier molecular flexibility index (Phi) is 5.27. The van der Waals surface area contributed by atoms with Gasteiger partial charge in [0.15, 0.2) is 6.10 Å². The van der Waals surface area contributed by atoms with E-state index >= 15 is 0 Å². The van der Waals surface area contributed by atoms with Crippen molar-refractivity contribution in [3.05, 3.63) is 71.8 Å². The highest BCUT2D eigenvalue weighted by Crippen LogP contribution is 2.33. The molecule has 0 spiro atoms. The van der Waals surface area contributed by atoms with Gasteiger partial charge in [0.2, 0.25) is 0 Å². The molecule has 3 rings (SSSR count). The van der Waals surface area contributed by atoms with Crippen LogP contribution in [0.3, 0.4) is 0 Å². The summed E-state index contributed by atoms with van der Waals surface area (Å²) < 4.78 is 43.1. The van der Waals surface area contributed by atoms with Gasteiger partial charge in [0.05, 0.1) is 11.1 Å². The van der Waals surface area contributed by atoms with Gasteiger partial charge in [-0.25, -0.2) is 9.59 Å². The largest absolute Gasteiger partial charge is 0.459 e. The van der Waals surface area contributed by atoms with Crippen LogP contribution in [0.2, 0.25) is 0 Å². The number of halogens is 2. The maximum Gasteiger partial charge on any atom is 0.338 e. The van der Waals surface area contributed by atoms with Gasteiger partial charge in [-0.3, -0.25) is 0 Å². The molecule has 7 heteroatoms. The normalized spacial score (nSPS) is 21.2. The van der Waals surface area contributed by atoms with Crippen LogP contribution in [0.15, 0.2) is 60.7 Å². The zero-order chi connectivity index (χ0) is 18.6. The molecule has 1 heterocycles. The van der Waals surface area contributed by atoms with Gasteiger partial charge >= 0.3 is 17.9 Å². The number of alkyl halides is 2. The fraction of sp³-hybridized carbons (Fsp3) is 0.263. The Hall–Kier alpha value is -2.80. The van der Waals surface area contributed by atoms with Crippen molar-refractivity contribution in [2.75, 3.05) is 13.2 Å². The molecule has 0 bridgehead atoms. The van der Waals surface area contributed by atoms with Crippen LogP contribution in [0.1, 0.15) is 20.7 Å². The zero-order valence-electron chi connectivity index (χ0n) is 13.6. The van der Waals surface area contributed by atoms with Crippen LogP contribution in [-0.4, -0.2) is 43.3 Å². The minimum absolute atomic E-state index is 0.148. The fourth-order valence-corrected chi connectivity index (χ4v) is 2.53. The number of benzene rings is 2. The molecule has 0 saturated carbocycles. The van der Waals surface area contributed by atoms with E-state index in [1.807, 2.05) is 0 Å². The quantitative estimate of drug-likeness (QED) is 0.765. The summed E-state index contributed by atoms with van der Waals surface area (Å²) >= 11 is 0. The predicted molar refractivity (Wildman–Crippen MR) is 87.1 cm³/mol. The monoisotopic (exact) mass is 362 g/mol. The molecule has 0 radical (unpaired) electrons. The van der Waals surface area contributed by atoms with Crippen LogP contribution in [-0.2, 0) is 14.2 Å². The minimum atomic E-state index is -3.37. The Bertz CT molecular complexity index is 764. The summed E-state index contributed by atoms with van der Waals surface area (Å²) in [5, 5.41) is 0. The van der Waals surface area contributed by atoms with E-state index in [2.05, 4.69) is 0 Å². The number of carbonyl (C=O) groups excluding carboxylic acids is 2. The molecule has 5 nitrogen and oxygen atoms in total. The summed E-state index contributed by atoms with van der Waals surface area (Å²) in [5.74, 6) is -4.92. The lowest BCUT2D eigenvalue weighted by atomic mass is 10.1. The van der Waals surface area contributed by atoms with Crippen molar-refractivity contribution >= 4 is 11.9 Å². The molecule has 26 heavy (non-hydrogen) atoms.